The number of aryl methyl sites for hydroxylation is 1. The summed E-state index contributed by atoms with van der Waals surface area (Å²) in [7, 11) is 0. The molecule has 5 rings (SSSR count). The number of aromatic amines is 1. The maximum absolute atomic E-state index is 13.0. The Bertz CT molecular complexity index is 1020. The van der Waals surface area contributed by atoms with Gasteiger partial charge in [-0.15, -0.1) is 0 Å². The number of carbonyl (C=O) groups excluding carboxylic acids is 1. The van der Waals surface area contributed by atoms with Crippen LogP contribution in [0, 0.1) is 12.8 Å². The Morgan fingerprint density at radius 2 is 1.97 bits per heavy atom. The first-order valence-electron chi connectivity index (χ1n) is 11.2. The van der Waals surface area contributed by atoms with E-state index in [0.717, 1.165) is 75.0 Å². The molecule has 0 aliphatic carbocycles. The first-order chi connectivity index (χ1) is 14.7. The summed E-state index contributed by atoms with van der Waals surface area (Å²) in [5, 5.41) is 1.09. The van der Waals surface area contributed by atoms with Gasteiger partial charge in [0, 0.05) is 73.3 Å². The number of hydrogen-bond acceptors (Lipinski definition) is 3. The van der Waals surface area contributed by atoms with Crippen molar-refractivity contribution in [3.05, 3.63) is 53.7 Å². The summed E-state index contributed by atoms with van der Waals surface area (Å²) < 4.78 is 7.96. The van der Waals surface area contributed by atoms with Crippen molar-refractivity contribution in [1.29, 1.82) is 0 Å². The number of fused-ring (bicyclic) bond motifs is 1. The van der Waals surface area contributed by atoms with Gasteiger partial charge in [0.1, 0.15) is 5.82 Å². The van der Waals surface area contributed by atoms with Crippen LogP contribution in [0.1, 0.15) is 53.5 Å². The fourth-order valence-corrected chi connectivity index (χ4v) is 4.94. The van der Waals surface area contributed by atoms with Crippen molar-refractivity contribution in [2.45, 2.75) is 45.1 Å². The van der Waals surface area contributed by atoms with Gasteiger partial charge in [-0.2, -0.15) is 0 Å². The van der Waals surface area contributed by atoms with Gasteiger partial charge in [0.25, 0.3) is 5.91 Å². The number of likely N-dealkylation sites (tertiary alicyclic amines) is 1. The quantitative estimate of drug-likeness (QED) is 0.709. The molecule has 0 saturated carbocycles. The predicted molar refractivity (Wildman–Crippen MR) is 117 cm³/mol. The fraction of sp³-hybridized carbons (Fsp3) is 0.500. The first kappa shape index (κ1) is 19.4. The summed E-state index contributed by atoms with van der Waals surface area (Å²) in [6.45, 7) is 6.50. The lowest BCUT2D eigenvalue weighted by Crippen LogP contribution is -2.39. The van der Waals surface area contributed by atoms with Gasteiger partial charge in [0.15, 0.2) is 0 Å². The lowest BCUT2D eigenvalue weighted by molar-refractivity contribution is 0.0680. The second kappa shape index (κ2) is 8.26. The van der Waals surface area contributed by atoms with Crippen LogP contribution in [-0.4, -0.2) is 51.6 Å². The van der Waals surface area contributed by atoms with Crippen LogP contribution in [0.3, 0.4) is 0 Å². The number of carbonyl (C=O) groups is 1. The highest BCUT2D eigenvalue weighted by atomic mass is 16.5. The van der Waals surface area contributed by atoms with Crippen molar-refractivity contribution >= 4 is 16.8 Å². The molecule has 0 unspecified atom stereocenters. The Morgan fingerprint density at radius 1 is 1.17 bits per heavy atom. The van der Waals surface area contributed by atoms with E-state index in [4.69, 9.17) is 9.72 Å². The van der Waals surface area contributed by atoms with E-state index in [1.807, 2.05) is 41.6 Å². The zero-order valence-electron chi connectivity index (χ0n) is 17.6. The Kier molecular flexibility index (Phi) is 5.34. The zero-order chi connectivity index (χ0) is 20.5. The van der Waals surface area contributed by atoms with Crippen LogP contribution < -0.4 is 0 Å². The maximum atomic E-state index is 13.0. The van der Waals surface area contributed by atoms with Crippen LogP contribution in [0.4, 0.5) is 0 Å². The number of benzene rings is 1. The molecule has 158 valence electrons. The molecule has 2 aliphatic heterocycles. The molecule has 0 bridgehead atoms. The summed E-state index contributed by atoms with van der Waals surface area (Å²) in [4.78, 5) is 22.9. The van der Waals surface area contributed by atoms with Crippen LogP contribution in [0.5, 0.6) is 0 Å². The van der Waals surface area contributed by atoms with Crippen molar-refractivity contribution in [2.75, 3.05) is 26.3 Å². The average molecular weight is 407 g/mol. The van der Waals surface area contributed by atoms with Gasteiger partial charge in [0.05, 0.1) is 0 Å². The highest BCUT2D eigenvalue weighted by Crippen LogP contribution is 2.29. The minimum atomic E-state index is 0.151. The minimum Gasteiger partial charge on any atom is -0.381 e. The van der Waals surface area contributed by atoms with Crippen LogP contribution in [0.2, 0.25) is 0 Å². The monoisotopic (exact) mass is 406 g/mol. The van der Waals surface area contributed by atoms with Crippen molar-refractivity contribution in [2.24, 2.45) is 5.92 Å². The highest BCUT2D eigenvalue weighted by Gasteiger charge is 2.27. The number of hydrogen-bond donors (Lipinski definition) is 1. The number of imidazole rings is 1. The van der Waals surface area contributed by atoms with Gasteiger partial charge < -0.3 is 19.2 Å². The summed E-state index contributed by atoms with van der Waals surface area (Å²) >= 11 is 0. The summed E-state index contributed by atoms with van der Waals surface area (Å²) in [5.41, 5.74) is 3.10. The third kappa shape index (κ3) is 3.76. The van der Waals surface area contributed by atoms with E-state index in [1.165, 1.54) is 11.5 Å². The molecule has 2 aliphatic rings. The molecule has 2 aromatic heterocycles. The normalized spacial score (nSPS) is 18.9. The van der Waals surface area contributed by atoms with Gasteiger partial charge in [-0.05, 0) is 62.8 Å². The Hall–Kier alpha value is -2.60. The highest BCUT2D eigenvalue weighted by molar-refractivity contribution is 5.98. The number of aromatic nitrogens is 3. The van der Waals surface area contributed by atoms with Crippen molar-refractivity contribution in [3.8, 4) is 0 Å². The number of rotatable bonds is 4. The third-order valence-corrected chi connectivity index (χ3v) is 6.82. The van der Waals surface area contributed by atoms with E-state index in [9.17, 15) is 4.79 Å². The Balaban J connectivity index is 1.22. The molecule has 2 fully saturated rings. The SMILES string of the molecule is Cc1cnc(C2CCOCC2)n1CC1CCN(C(=O)c2ccc3[nH]ccc3c2)CC1. The van der Waals surface area contributed by atoms with Gasteiger partial charge in [-0.3, -0.25) is 4.79 Å². The molecule has 3 aromatic rings. The molecule has 0 radical (unpaired) electrons. The number of nitrogens with zero attached hydrogens (tertiary/aromatic N) is 3. The van der Waals surface area contributed by atoms with E-state index in [-0.39, 0.29) is 5.91 Å². The predicted octanol–water partition coefficient (Wildman–Crippen LogP) is 4.12. The van der Waals surface area contributed by atoms with E-state index >= 15 is 0 Å². The van der Waals surface area contributed by atoms with Gasteiger partial charge in [-0.25, -0.2) is 4.98 Å². The standard InChI is InChI=1S/C24H30N4O2/c1-17-15-26-23(19-7-12-30-13-8-19)28(17)16-18-5-10-27(11-6-18)24(29)21-2-3-22-20(14-21)4-9-25-22/h2-4,9,14-15,18-19,25H,5-8,10-13,16H2,1H3. The number of nitrogens with one attached hydrogen (secondary N) is 1. The third-order valence-electron chi connectivity index (χ3n) is 6.82. The van der Waals surface area contributed by atoms with Crippen molar-refractivity contribution in [3.63, 3.8) is 0 Å². The van der Waals surface area contributed by atoms with Crippen molar-refractivity contribution in [1.82, 2.24) is 19.4 Å². The van der Waals surface area contributed by atoms with E-state index < -0.39 is 0 Å². The van der Waals surface area contributed by atoms with Gasteiger partial charge in [0.2, 0.25) is 0 Å². The molecule has 1 amide bonds. The molecule has 6 heteroatoms. The zero-order valence-corrected chi connectivity index (χ0v) is 17.6. The number of piperidine rings is 1. The van der Waals surface area contributed by atoms with Gasteiger partial charge >= 0.3 is 0 Å². The number of ether oxygens (including phenoxy) is 1. The lowest BCUT2D eigenvalue weighted by Gasteiger charge is -2.33. The van der Waals surface area contributed by atoms with Crippen LogP contribution in [-0.2, 0) is 11.3 Å². The summed E-state index contributed by atoms with van der Waals surface area (Å²) in [6, 6.07) is 7.94. The number of amides is 1. The molecular formula is C24H30N4O2. The molecule has 1 aromatic carbocycles. The molecule has 0 spiro atoms. The lowest BCUT2D eigenvalue weighted by atomic mass is 9.95. The van der Waals surface area contributed by atoms with Crippen molar-refractivity contribution < 1.29 is 9.53 Å². The smallest absolute Gasteiger partial charge is 0.253 e. The average Bonchev–Trinajstić information content (AvgIpc) is 3.41. The second-order valence-corrected chi connectivity index (χ2v) is 8.77. The topological polar surface area (TPSA) is 63.1 Å². The Labute approximate surface area is 177 Å². The fourth-order valence-electron chi connectivity index (χ4n) is 4.94. The molecule has 0 atom stereocenters. The maximum Gasteiger partial charge on any atom is 0.253 e. The molecule has 2 saturated heterocycles. The van der Waals surface area contributed by atoms with Crippen LogP contribution in [0.25, 0.3) is 10.9 Å². The molecule has 30 heavy (non-hydrogen) atoms. The molecule has 1 N–H and O–H groups in total. The largest absolute Gasteiger partial charge is 0.381 e. The summed E-state index contributed by atoms with van der Waals surface area (Å²) in [6.07, 6.45) is 8.15. The van der Waals surface area contributed by atoms with E-state index in [0.29, 0.717) is 11.8 Å². The Morgan fingerprint density at radius 3 is 2.77 bits per heavy atom. The van der Waals surface area contributed by atoms with E-state index in [1.54, 1.807) is 0 Å². The van der Waals surface area contributed by atoms with E-state index in [2.05, 4.69) is 16.5 Å². The summed E-state index contributed by atoms with van der Waals surface area (Å²) in [5.74, 6) is 2.48. The first-order valence-corrected chi connectivity index (χ1v) is 11.2. The number of H-pyrrole nitrogens is 1. The van der Waals surface area contributed by atoms with Crippen LogP contribution >= 0.6 is 0 Å². The molecule has 4 heterocycles. The van der Waals surface area contributed by atoms with Crippen LogP contribution in [0.15, 0.2) is 36.7 Å². The second-order valence-electron chi connectivity index (χ2n) is 8.77. The molecule has 6 nitrogen and oxygen atoms in total. The molecular weight excluding hydrogens is 376 g/mol. The minimum absolute atomic E-state index is 0.151. The van der Waals surface area contributed by atoms with Gasteiger partial charge in [-0.1, -0.05) is 0 Å².